The fourth-order valence-corrected chi connectivity index (χ4v) is 3.84. The molecule has 1 aromatic rings. The number of hydrogen-bond acceptors (Lipinski definition) is 4. The average Bonchev–Trinajstić information content (AvgIpc) is 3.00. The maximum Gasteiger partial charge on any atom is 0.410 e. The van der Waals surface area contributed by atoms with Crippen molar-refractivity contribution in [3.63, 3.8) is 0 Å². The van der Waals surface area contributed by atoms with Gasteiger partial charge < -0.3 is 9.64 Å². The Morgan fingerprint density at radius 3 is 2.48 bits per heavy atom. The van der Waals surface area contributed by atoms with Gasteiger partial charge in [0.25, 0.3) is 0 Å². The minimum Gasteiger partial charge on any atom is -0.444 e. The van der Waals surface area contributed by atoms with E-state index in [4.69, 9.17) is 4.74 Å². The lowest BCUT2D eigenvalue weighted by Gasteiger charge is -2.34. The van der Waals surface area contributed by atoms with Gasteiger partial charge >= 0.3 is 6.09 Å². The highest BCUT2D eigenvalue weighted by Crippen LogP contribution is 2.31. The molecule has 0 saturated carbocycles. The first kappa shape index (κ1) is 21.8. The molecule has 0 radical (unpaired) electrons. The van der Waals surface area contributed by atoms with Crippen LogP contribution in [0.1, 0.15) is 71.7 Å². The number of likely N-dealkylation sites (tertiary alicyclic amines) is 1. The van der Waals surface area contributed by atoms with E-state index in [-0.39, 0.29) is 18.2 Å². The van der Waals surface area contributed by atoms with Gasteiger partial charge in [-0.2, -0.15) is 0 Å². The van der Waals surface area contributed by atoms with E-state index in [2.05, 4.69) is 9.71 Å². The zero-order chi connectivity index (χ0) is 20.4. The lowest BCUT2D eigenvalue weighted by Crippen LogP contribution is -2.48. The van der Waals surface area contributed by atoms with Crippen LogP contribution in [-0.4, -0.2) is 43.1 Å². The van der Waals surface area contributed by atoms with E-state index in [0.29, 0.717) is 6.54 Å². The van der Waals surface area contributed by atoms with Crippen molar-refractivity contribution in [3.8, 4) is 0 Å². The number of ether oxygens (including phenoxy) is 1. The zero-order valence-corrected chi connectivity index (χ0v) is 18.4. The molecule has 0 aromatic carbocycles. The van der Waals surface area contributed by atoms with Crippen LogP contribution in [0.15, 0.2) is 18.3 Å². The highest BCUT2D eigenvalue weighted by atomic mass is 32.2. The van der Waals surface area contributed by atoms with Crippen LogP contribution in [0.3, 0.4) is 0 Å². The summed E-state index contributed by atoms with van der Waals surface area (Å²) in [7, 11) is -1.29. The molecule has 1 aliphatic heterocycles. The molecule has 0 spiro atoms. The SMILES string of the molecule is Cc1ccc(C(N[S@](=O)C(C)(C)C)[C@@H]2CCCN2C(=O)OC(C)(C)C)nc1. The molecule has 6 nitrogen and oxygen atoms in total. The summed E-state index contributed by atoms with van der Waals surface area (Å²) in [6, 6.07) is 3.46. The standard InChI is InChI=1S/C20H33N3O3S/c1-14-10-11-15(21-13-14)17(22-27(25)20(5,6)7)16-9-8-12-23(16)18(24)26-19(2,3)4/h10-11,13,16-17,22H,8-9,12H2,1-7H3/t16-,17?,27+/m0/s1. The number of carbonyl (C=O) groups is 1. The minimum atomic E-state index is -1.29. The minimum absolute atomic E-state index is 0.152. The van der Waals surface area contributed by atoms with Crippen molar-refractivity contribution < 1.29 is 13.7 Å². The summed E-state index contributed by atoms with van der Waals surface area (Å²) in [6.07, 6.45) is 3.17. The maximum absolute atomic E-state index is 12.8. The molecule has 3 atom stereocenters. The van der Waals surface area contributed by atoms with E-state index in [1.807, 2.05) is 60.6 Å². The van der Waals surface area contributed by atoms with Crippen molar-refractivity contribution in [2.75, 3.05) is 6.54 Å². The summed E-state index contributed by atoms with van der Waals surface area (Å²) in [5.41, 5.74) is 1.30. The van der Waals surface area contributed by atoms with Crippen LogP contribution in [0.2, 0.25) is 0 Å². The van der Waals surface area contributed by atoms with Crippen LogP contribution < -0.4 is 4.72 Å². The fraction of sp³-hybridized carbons (Fsp3) is 0.700. The van der Waals surface area contributed by atoms with E-state index < -0.39 is 21.3 Å². The molecule has 1 amide bonds. The predicted octanol–water partition coefficient (Wildman–Crippen LogP) is 3.88. The van der Waals surface area contributed by atoms with Gasteiger partial charge in [0.1, 0.15) is 5.60 Å². The number of amides is 1. The van der Waals surface area contributed by atoms with E-state index in [9.17, 15) is 9.00 Å². The molecule has 1 saturated heterocycles. The Morgan fingerprint density at radius 1 is 1.30 bits per heavy atom. The molecule has 1 unspecified atom stereocenters. The lowest BCUT2D eigenvalue weighted by atomic mass is 10.0. The number of pyridine rings is 1. The van der Waals surface area contributed by atoms with Crippen LogP contribution in [-0.2, 0) is 15.7 Å². The number of nitrogens with zero attached hydrogens (tertiary/aromatic N) is 2. The van der Waals surface area contributed by atoms with Crippen molar-refractivity contribution in [3.05, 3.63) is 29.6 Å². The van der Waals surface area contributed by atoms with Crippen LogP contribution in [0.25, 0.3) is 0 Å². The zero-order valence-electron chi connectivity index (χ0n) is 17.5. The molecule has 2 rings (SSSR count). The molecule has 1 fully saturated rings. The Hall–Kier alpha value is -1.47. The number of rotatable bonds is 4. The second-order valence-corrected chi connectivity index (χ2v) is 11.1. The van der Waals surface area contributed by atoms with E-state index in [1.54, 1.807) is 11.1 Å². The van der Waals surface area contributed by atoms with Crippen molar-refractivity contribution in [2.24, 2.45) is 0 Å². The molecular formula is C20H33N3O3S. The molecule has 0 bridgehead atoms. The van der Waals surface area contributed by atoms with Crippen LogP contribution in [0.5, 0.6) is 0 Å². The number of carbonyl (C=O) groups excluding carboxylic acids is 1. The summed E-state index contributed by atoms with van der Waals surface area (Å²) in [5.74, 6) is 0. The van der Waals surface area contributed by atoms with Crippen molar-refractivity contribution in [1.29, 1.82) is 0 Å². The largest absolute Gasteiger partial charge is 0.444 e. The third-order valence-corrected chi connectivity index (χ3v) is 5.94. The smallest absolute Gasteiger partial charge is 0.410 e. The Bertz CT molecular complexity index is 677. The average molecular weight is 396 g/mol. The van der Waals surface area contributed by atoms with E-state index >= 15 is 0 Å². The summed E-state index contributed by atoms with van der Waals surface area (Å²) < 4.78 is 21.2. The van der Waals surface area contributed by atoms with Gasteiger partial charge in [0, 0.05) is 12.7 Å². The molecule has 0 aliphatic carbocycles. The highest BCUT2D eigenvalue weighted by Gasteiger charge is 2.40. The van der Waals surface area contributed by atoms with E-state index in [0.717, 1.165) is 24.1 Å². The van der Waals surface area contributed by atoms with Crippen LogP contribution >= 0.6 is 0 Å². The third kappa shape index (κ3) is 6.01. The molecule has 1 aliphatic rings. The normalized spacial score (nSPS) is 20.4. The number of hydrogen-bond donors (Lipinski definition) is 1. The third-order valence-electron chi connectivity index (χ3n) is 4.36. The first-order valence-electron chi connectivity index (χ1n) is 9.49. The number of aryl methyl sites for hydroxylation is 1. The predicted molar refractivity (Wildman–Crippen MR) is 109 cm³/mol. The van der Waals surface area contributed by atoms with Gasteiger partial charge in [-0.3, -0.25) is 4.98 Å². The fourth-order valence-electron chi connectivity index (χ4n) is 2.98. The quantitative estimate of drug-likeness (QED) is 0.840. The Morgan fingerprint density at radius 2 is 1.96 bits per heavy atom. The van der Waals surface area contributed by atoms with Crippen molar-refractivity contribution >= 4 is 17.1 Å². The molecular weight excluding hydrogens is 362 g/mol. The second-order valence-electron chi connectivity index (χ2n) is 9.12. The summed E-state index contributed by atoms with van der Waals surface area (Å²) in [6.45, 7) is 14.0. The Labute approximate surface area is 165 Å². The van der Waals surface area contributed by atoms with Gasteiger partial charge in [-0.1, -0.05) is 6.07 Å². The molecule has 7 heteroatoms. The maximum atomic E-state index is 12.8. The summed E-state index contributed by atoms with van der Waals surface area (Å²) >= 11 is 0. The number of aromatic nitrogens is 1. The van der Waals surface area contributed by atoms with Gasteiger partial charge in [-0.15, -0.1) is 0 Å². The van der Waals surface area contributed by atoms with Gasteiger partial charge in [0.15, 0.2) is 0 Å². The van der Waals surface area contributed by atoms with Crippen LogP contribution in [0, 0.1) is 6.92 Å². The highest BCUT2D eigenvalue weighted by molar-refractivity contribution is 7.84. The van der Waals surface area contributed by atoms with Crippen LogP contribution in [0.4, 0.5) is 4.79 Å². The first-order valence-corrected chi connectivity index (χ1v) is 10.6. The van der Waals surface area contributed by atoms with E-state index in [1.165, 1.54) is 0 Å². The molecule has 2 heterocycles. The van der Waals surface area contributed by atoms with Gasteiger partial charge in [0.05, 0.1) is 33.5 Å². The number of nitrogens with one attached hydrogen (secondary N) is 1. The molecule has 27 heavy (non-hydrogen) atoms. The monoisotopic (exact) mass is 395 g/mol. The summed E-state index contributed by atoms with van der Waals surface area (Å²) in [5, 5.41) is 0. The summed E-state index contributed by atoms with van der Waals surface area (Å²) in [4.78, 5) is 19.0. The topological polar surface area (TPSA) is 71.5 Å². The van der Waals surface area contributed by atoms with Gasteiger partial charge in [-0.25, -0.2) is 13.7 Å². The van der Waals surface area contributed by atoms with Gasteiger partial charge in [-0.05, 0) is 72.9 Å². The molecule has 1 aromatic heterocycles. The Balaban J connectivity index is 2.32. The second kappa shape index (κ2) is 8.27. The van der Waals surface area contributed by atoms with Crippen molar-refractivity contribution in [2.45, 2.75) is 83.7 Å². The first-order chi connectivity index (χ1) is 12.4. The van der Waals surface area contributed by atoms with Gasteiger partial charge in [0.2, 0.25) is 0 Å². The van der Waals surface area contributed by atoms with Crippen molar-refractivity contribution in [1.82, 2.24) is 14.6 Å². The Kier molecular flexibility index (Phi) is 6.68. The lowest BCUT2D eigenvalue weighted by molar-refractivity contribution is 0.0201. The molecule has 152 valence electrons. The molecule has 1 N–H and O–H groups in total.